The summed E-state index contributed by atoms with van der Waals surface area (Å²) in [6, 6.07) is 28.4. The molecule has 0 saturated carbocycles. The summed E-state index contributed by atoms with van der Waals surface area (Å²) in [7, 11) is 6.83. The molecule has 0 radical (unpaired) electrons. The fourth-order valence-electron chi connectivity index (χ4n) is 8.25. The van der Waals surface area contributed by atoms with E-state index >= 15 is 0 Å². The molecule has 5 aromatic carbocycles. The van der Waals surface area contributed by atoms with Crippen LogP contribution in [0.15, 0.2) is 96.0 Å². The Kier molecular flexibility index (Phi) is 10.8. The van der Waals surface area contributed by atoms with E-state index in [9.17, 15) is 14.7 Å². The van der Waals surface area contributed by atoms with Gasteiger partial charge in [0.25, 0.3) is 5.91 Å². The number of nitrogens with zero attached hydrogens (tertiary/aromatic N) is 4. The van der Waals surface area contributed by atoms with Gasteiger partial charge in [0.1, 0.15) is 19.4 Å². The number of nitrogens with two attached hydrogens (primary N) is 1. The normalized spacial score (nSPS) is 17.5. The molecule has 0 bridgehead atoms. The number of likely N-dealkylation sites (N-methyl/N-ethyl adjacent to an activating group) is 2. The highest BCUT2D eigenvalue weighted by atomic mass is 16.5. The van der Waals surface area contributed by atoms with Crippen LogP contribution in [0.5, 0.6) is 23.0 Å². The van der Waals surface area contributed by atoms with Crippen LogP contribution in [0, 0.1) is 0 Å². The van der Waals surface area contributed by atoms with Crippen LogP contribution in [0.25, 0.3) is 0 Å². The van der Waals surface area contributed by atoms with Crippen molar-refractivity contribution in [2.24, 2.45) is 4.99 Å². The molecule has 0 fully saturated rings. The Morgan fingerprint density at radius 2 is 1.43 bits per heavy atom. The molecule has 12 heteroatoms. The molecule has 3 atom stereocenters. The molecule has 298 valence electrons. The van der Waals surface area contributed by atoms with Crippen molar-refractivity contribution in [1.82, 2.24) is 9.80 Å². The molecule has 3 aliphatic rings. The molecule has 12 nitrogen and oxygen atoms in total. The quantitative estimate of drug-likeness (QED) is 0.0837. The van der Waals surface area contributed by atoms with E-state index in [2.05, 4.69) is 29.2 Å². The Hall–Kier alpha value is -6.37. The maximum Gasteiger partial charge on any atom is 0.257 e. The first-order valence-electron chi connectivity index (χ1n) is 19.3. The largest absolute Gasteiger partial charge is 0.493 e. The van der Waals surface area contributed by atoms with Crippen molar-refractivity contribution in [3.63, 3.8) is 0 Å². The van der Waals surface area contributed by atoms with Gasteiger partial charge in [-0.25, -0.2) is 0 Å². The third kappa shape index (κ3) is 7.56. The number of methoxy groups -OCH3 is 2. The minimum absolute atomic E-state index is 0.104. The number of rotatable bonds is 12. The van der Waals surface area contributed by atoms with E-state index in [0.717, 1.165) is 23.0 Å². The molecular weight excluding hydrogens is 735 g/mol. The number of amides is 1. The van der Waals surface area contributed by atoms with Gasteiger partial charge in [-0.1, -0.05) is 48.5 Å². The SMILES string of the molecule is COc1cc2c(cc1OCc1cc(N)cc(COc3cc(N(C)C(O)C4Cc5ccccc5CN4C)c(C=O)cc3OC)c1)N=CC1Cc3ccccc3CN1C2=O. The molecule has 58 heavy (non-hydrogen) atoms. The number of aliphatic imine (C=N–C) groups is 1. The van der Waals surface area contributed by atoms with Crippen LogP contribution in [0.1, 0.15) is 54.1 Å². The van der Waals surface area contributed by atoms with E-state index < -0.39 is 6.23 Å². The molecule has 3 aliphatic heterocycles. The summed E-state index contributed by atoms with van der Waals surface area (Å²) in [5.74, 6) is 1.53. The highest BCUT2D eigenvalue weighted by Gasteiger charge is 2.34. The lowest BCUT2D eigenvalue weighted by Crippen LogP contribution is -2.52. The van der Waals surface area contributed by atoms with Crippen molar-refractivity contribution in [2.45, 2.75) is 57.5 Å². The van der Waals surface area contributed by atoms with Gasteiger partial charge in [-0.3, -0.25) is 19.5 Å². The number of aldehydes is 1. The first-order valence-corrected chi connectivity index (χ1v) is 19.3. The molecule has 0 saturated heterocycles. The van der Waals surface area contributed by atoms with Crippen molar-refractivity contribution in [1.29, 1.82) is 0 Å². The molecule has 5 aromatic rings. The lowest BCUT2D eigenvalue weighted by atomic mass is 9.93. The number of ether oxygens (including phenoxy) is 4. The molecular formula is C46H47N5O7. The van der Waals surface area contributed by atoms with E-state index in [1.807, 2.05) is 60.6 Å². The summed E-state index contributed by atoms with van der Waals surface area (Å²) in [6.07, 6.45) is 3.05. The third-order valence-electron chi connectivity index (χ3n) is 11.4. The summed E-state index contributed by atoms with van der Waals surface area (Å²) in [4.78, 5) is 36.6. The van der Waals surface area contributed by atoms with E-state index in [1.54, 1.807) is 43.3 Å². The number of nitrogen functional groups attached to an aromatic ring is 1. The van der Waals surface area contributed by atoms with Crippen molar-refractivity contribution in [3.8, 4) is 23.0 Å². The molecule has 1 amide bonds. The zero-order valence-electron chi connectivity index (χ0n) is 33.1. The van der Waals surface area contributed by atoms with Gasteiger partial charge >= 0.3 is 0 Å². The van der Waals surface area contributed by atoms with Crippen LogP contribution >= 0.6 is 0 Å². The van der Waals surface area contributed by atoms with E-state index in [1.165, 1.54) is 23.8 Å². The average Bonchev–Trinajstić information content (AvgIpc) is 3.37. The van der Waals surface area contributed by atoms with Crippen LogP contribution < -0.4 is 29.6 Å². The van der Waals surface area contributed by atoms with Gasteiger partial charge < -0.3 is 39.6 Å². The van der Waals surface area contributed by atoms with Gasteiger partial charge in [-0.2, -0.15) is 0 Å². The smallest absolute Gasteiger partial charge is 0.257 e. The van der Waals surface area contributed by atoms with Crippen molar-refractivity contribution in [3.05, 3.63) is 136 Å². The van der Waals surface area contributed by atoms with Crippen LogP contribution in [0.2, 0.25) is 0 Å². The Labute approximate surface area is 338 Å². The number of aliphatic hydroxyl groups is 1. The van der Waals surface area contributed by atoms with Crippen molar-refractivity contribution in [2.75, 3.05) is 38.9 Å². The fraction of sp³-hybridized carbons (Fsp3) is 0.283. The number of aliphatic hydroxyl groups excluding tert-OH is 1. The highest BCUT2D eigenvalue weighted by molar-refractivity contribution is 6.03. The predicted octanol–water partition coefficient (Wildman–Crippen LogP) is 6.35. The molecule has 8 rings (SSSR count). The number of carbonyl (C=O) groups is 2. The summed E-state index contributed by atoms with van der Waals surface area (Å²) in [5, 5.41) is 11.7. The van der Waals surface area contributed by atoms with Crippen LogP contribution in [0.4, 0.5) is 17.1 Å². The second-order valence-electron chi connectivity index (χ2n) is 15.1. The Morgan fingerprint density at radius 1 is 0.828 bits per heavy atom. The zero-order chi connectivity index (χ0) is 40.5. The topological polar surface area (TPSA) is 139 Å². The first kappa shape index (κ1) is 38.5. The predicted molar refractivity (Wildman–Crippen MR) is 223 cm³/mol. The van der Waals surface area contributed by atoms with E-state index in [4.69, 9.17) is 29.7 Å². The fourth-order valence-corrected chi connectivity index (χ4v) is 8.25. The van der Waals surface area contributed by atoms with Gasteiger partial charge in [-0.15, -0.1) is 0 Å². The monoisotopic (exact) mass is 781 g/mol. The van der Waals surface area contributed by atoms with Crippen LogP contribution in [0.3, 0.4) is 0 Å². The maximum absolute atomic E-state index is 13.8. The summed E-state index contributed by atoms with van der Waals surface area (Å²) < 4.78 is 24.0. The van der Waals surface area contributed by atoms with Gasteiger partial charge in [0.15, 0.2) is 29.3 Å². The van der Waals surface area contributed by atoms with Gasteiger partial charge in [0, 0.05) is 49.7 Å². The second-order valence-corrected chi connectivity index (χ2v) is 15.1. The maximum atomic E-state index is 13.8. The van der Waals surface area contributed by atoms with Gasteiger partial charge in [0.05, 0.1) is 43.2 Å². The molecule has 0 aromatic heterocycles. The van der Waals surface area contributed by atoms with E-state index in [0.29, 0.717) is 77.1 Å². The number of benzene rings is 5. The third-order valence-corrected chi connectivity index (χ3v) is 11.4. The number of hydrogen-bond donors (Lipinski definition) is 2. The summed E-state index contributed by atoms with van der Waals surface area (Å²) in [6.45, 7) is 1.50. The summed E-state index contributed by atoms with van der Waals surface area (Å²) in [5.41, 5.74) is 15.1. The average molecular weight is 782 g/mol. The van der Waals surface area contributed by atoms with E-state index in [-0.39, 0.29) is 31.2 Å². The first-order chi connectivity index (χ1) is 28.1. The highest BCUT2D eigenvalue weighted by Crippen LogP contribution is 2.40. The Bertz CT molecular complexity index is 2400. The molecule has 3 N–H and O–H groups in total. The molecule has 3 unspecified atom stereocenters. The standard InChI is InChI=1S/C46H47N5O7/c1-49-23-32-11-7-6-10-31(32)17-40(49)46(54)50(2)39-21-44(41(55-3)18-34(39)25-52)58-27-29-13-28(14-35(47)15-29)26-57-43-20-38-37(19-42(43)56-4)45(53)51-24-33-12-8-5-9-30(33)16-36(51)22-48-38/h5-15,18-22,25,36,40,46,54H,16-17,23-24,26-27,47H2,1-4H3. The van der Waals surface area contributed by atoms with Crippen molar-refractivity contribution >= 4 is 35.5 Å². The van der Waals surface area contributed by atoms with Crippen molar-refractivity contribution < 1.29 is 33.6 Å². The minimum Gasteiger partial charge on any atom is -0.493 e. The lowest BCUT2D eigenvalue weighted by molar-refractivity contribution is 0.0534. The Morgan fingerprint density at radius 3 is 2.09 bits per heavy atom. The molecule has 0 aliphatic carbocycles. The summed E-state index contributed by atoms with van der Waals surface area (Å²) >= 11 is 0. The molecule has 0 spiro atoms. The Balaban J connectivity index is 0.979. The van der Waals surface area contributed by atoms with Crippen LogP contribution in [-0.4, -0.2) is 79.9 Å². The minimum atomic E-state index is -0.917. The molecule has 3 heterocycles. The van der Waals surface area contributed by atoms with Crippen LogP contribution in [-0.2, 0) is 39.1 Å². The number of fused-ring (bicyclic) bond motifs is 4. The number of hydrogen-bond acceptors (Lipinski definition) is 11. The van der Waals surface area contributed by atoms with Gasteiger partial charge in [0.2, 0.25) is 0 Å². The lowest BCUT2D eigenvalue weighted by Gasteiger charge is -2.41. The zero-order valence-corrected chi connectivity index (χ0v) is 33.1. The number of carbonyl (C=O) groups excluding carboxylic acids is 2. The second kappa shape index (κ2) is 16.2. The number of anilines is 2. The van der Waals surface area contributed by atoms with Gasteiger partial charge in [-0.05, 0) is 83.6 Å².